The Bertz CT molecular complexity index is 1780. The smallest absolute Gasteiger partial charge is 0.220 e. The summed E-state index contributed by atoms with van der Waals surface area (Å²) in [6, 6.07) is 32.9. The van der Waals surface area contributed by atoms with Crippen molar-refractivity contribution >= 4 is 34.6 Å². The van der Waals surface area contributed by atoms with Crippen molar-refractivity contribution in [1.82, 2.24) is 15.0 Å². The maximum absolute atomic E-state index is 5.90. The lowest BCUT2D eigenvalue weighted by Crippen LogP contribution is -2.07. The van der Waals surface area contributed by atoms with Gasteiger partial charge in [-0.25, -0.2) is 9.97 Å². The summed E-state index contributed by atoms with van der Waals surface area (Å²) < 4.78 is 11.1. The fraction of sp³-hybridized carbons (Fsp3) is 0.143. The number of nitrogens with zero attached hydrogens (tertiary/aromatic N) is 3. The highest BCUT2D eigenvalue weighted by Crippen LogP contribution is 2.35. The van der Waals surface area contributed by atoms with Gasteiger partial charge in [-0.05, 0) is 48.0 Å². The molecule has 7 heteroatoms. The van der Waals surface area contributed by atoms with E-state index in [1.165, 1.54) is 0 Å². The van der Waals surface area contributed by atoms with Crippen LogP contribution in [0.4, 0.5) is 11.4 Å². The molecule has 2 heterocycles. The zero-order valence-electron chi connectivity index (χ0n) is 24.0. The molecule has 0 fully saturated rings. The number of para-hydroxylation sites is 2. The summed E-state index contributed by atoms with van der Waals surface area (Å²) >= 11 is 0. The molecular weight excluding hydrogens is 522 g/mol. The molecule has 0 aliphatic rings. The van der Waals surface area contributed by atoms with E-state index in [2.05, 4.69) is 80.8 Å². The molecule has 2 aromatic heterocycles. The van der Waals surface area contributed by atoms with Crippen LogP contribution in [0.3, 0.4) is 0 Å². The van der Waals surface area contributed by atoms with Crippen molar-refractivity contribution in [3.8, 4) is 33.9 Å². The number of imidazole rings is 1. The number of rotatable bonds is 10. The SMILES string of the molecule is COCCNc1ccc(-c2[nH]c(-c3ccccc3/C=C/c3nc4ccccc4o3)nc2-c2ccc(N(C)C)cc2)cc1. The maximum Gasteiger partial charge on any atom is 0.220 e. The summed E-state index contributed by atoms with van der Waals surface area (Å²) in [5.74, 6) is 1.35. The molecule has 42 heavy (non-hydrogen) atoms. The number of hydrogen-bond acceptors (Lipinski definition) is 6. The highest BCUT2D eigenvalue weighted by molar-refractivity contribution is 5.85. The number of H-pyrrole nitrogens is 1. The first-order chi connectivity index (χ1) is 20.6. The molecular formula is C35H33N5O2. The molecule has 2 N–H and O–H groups in total. The van der Waals surface area contributed by atoms with Crippen molar-refractivity contribution in [2.24, 2.45) is 0 Å². The molecule has 4 aromatic carbocycles. The van der Waals surface area contributed by atoms with Crippen LogP contribution in [0.25, 0.3) is 57.2 Å². The minimum Gasteiger partial charge on any atom is -0.437 e. The third-order valence-corrected chi connectivity index (χ3v) is 7.10. The van der Waals surface area contributed by atoms with Crippen LogP contribution in [-0.4, -0.2) is 49.3 Å². The van der Waals surface area contributed by atoms with E-state index in [0.29, 0.717) is 12.5 Å². The number of ether oxygens (including phenoxy) is 1. The summed E-state index contributed by atoms with van der Waals surface area (Å²) in [6.07, 6.45) is 3.92. The van der Waals surface area contributed by atoms with E-state index in [1.807, 2.05) is 62.6 Å². The van der Waals surface area contributed by atoms with Crippen molar-refractivity contribution in [1.29, 1.82) is 0 Å². The molecule has 0 bridgehead atoms. The molecule has 6 aromatic rings. The Morgan fingerprint density at radius 3 is 2.33 bits per heavy atom. The average Bonchev–Trinajstić information content (AvgIpc) is 3.65. The summed E-state index contributed by atoms with van der Waals surface area (Å²) in [6.45, 7) is 1.40. The maximum atomic E-state index is 5.90. The zero-order valence-corrected chi connectivity index (χ0v) is 24.0. The van der Waals surface area contributed by atoms with Crippen LogP contribution in [0, 0.1) is 0 Å². The highest BCUT2D eigenvalue weighted by atomic mass is 16.5. The van der Waals surface area contributed by atoms with Crippen LogP contribution < -0.4 is 10.2 Å². The van der Waals surface area contributed by atoms with Gasteiger partial charge in [-0.1, -0.05) is 60.7 Å². The largest absolute Gasteiger partial charge is 0.437 e. The number of aromatic nitrogens is 3. The second-order valence-corrected chi connectivity index (χ2v) is 10.2. The van der Waals surface area contributed by atoms with Crippen molar-refractivity contribution in [2.45, 2.75) is 0 Å². The van der Waals surface area contributed by atoms with Gasteiger partial charge in [0.1, 0.15) is 11.3 Å². The Balaban J connectivity index is 1.38. The number of benzene rings is 4. The minimum atomic E-state index is 0.562. The number of oxazole rings is 1. The van der Waals surface area contributed by atoms with Gasteiger partial charge in [0.05, 0.1) is 18.0 Å². The first-order valence-electron chi connectivity index (χ1n) is 13.9. The molecule has 7 nitrogen and oxygen atoms in total. The standard InChI is InChI=1S/C35H33N5O2/c1-40(2)28-19-14-26(15-20-28)34-33(25-12-17-27(18-13-25)36-22-23-41-3)38-35(39-34)29-9-5-4-8-24(29)16-21-32-37-30-10-6-7-11-31(30)42-32/h4-21,36H,22-23H2,1-3H3,(H,38,39)/b21-16+. The van der Waals surface area contributed by atoms with Crippen molar-refractivity contribution in [3.05, 3.63) is 109 Å². The number of nitrogens with one attached hydrogen (secondary N) is 2. The Morgan fingerprint density at radius 2 is 1.57 bits per heavy atom. The van der Waals surface area contributed by atoms with Gasteiger partial charge < -0.3 is 24.4 Å². The number of hydrogen-bond donors (Lipinski definition) is 2. The van der Waals surface area contributed by atoms with Gasteiger partial charge in [-0.3, -0.25) is 0 Å². The molecule has 6 rings (SSSR count). The first kappa shape index (κ1) is 27.1. The van der Waals surface area contributed by atoms with Crippen molar-refractivity contribution in [3.63, 3.8) is 0 Å². The third kappa shape index (κ3) is 5.82. The van der Waals surface area contributed by atoms with Crippen LogP contribution in [-0.2, 0) is 4.74 Å². The number of aromatic amines is 1. The molecule has 0 aliphatic heterocycles. The van der Waals surface area contributed by atoms with Gasteiger partial charge >= 0.3 is 0 Å². The number of fused-ring (bicyclic) bond motifs is 1. The molecule has 210 valence electrons. The number of anilines is 2. The first-order valence-corrected chi connectivity index (χ1v) is 13.9. The summed E-state index contributed by atoms with van der Waals surface area (Å²) in [7, 11) is 5.79. The lowest BCUT2D eigenvalue weighted by molar-refractivity contribution is 0.211. The van der Waals surface area contributed by atoms with E-state index in [9.17, 15) is 0 Å². The van der Waals surface area contributed by atoms with E-state index in [1.54, 1.807) is 7.11 Å². The second kappa shape index (κ2) is 12.2. The Labute approximate surface area is 245 Å². The molecule has 0 atom stereocenters. The predicted molar refractivity (Wildman–Crippen MR) is 173 cm³/mol. The van der Waals surface area contributed by atoms with Crippen LogP contribution >= 0.6 is 0 Å². The molecule has 0 saturated carbocycles. The molecule has 0 spiro atoms. The summed E-state index contributed by atoms with van der Waals surface area (Å²) in [4.78, 5) is 15.5. The Morgan fingerprint density at radius 1 is 0.833 bits per heavy atom. The van der Waals surface area contributed by atoms with E-state index in [4.69, 9.17) is 14.1 Å². The van der Waals surface area contributed by atoms with Crippen LogP contribution in [0.5, 0.6) is 0 Å². The van der Waals surface area contributed by atoms with Crippen LogP contribution in [0.1, 0.15) is 11.5 Å². The molecule has 0 saturated heterocycles. The Kier molecular flexibility index (Phi) is 7.83. The van der Waals surface area contributed by atoms with E-state index in [-0.39, 0.29) is 0 Å². The normalized spacial score (nSPS) is 11.4. The van der Waals surface area contributed by atoms with Gasteiger partial charge in [0.25, 0.3) is 0 Å². The molecule has 0 radical (unpaired) electrons. The van der Waals surface area contributed by atoms with Crippen LogP contribution in [0.2, 0.25) is 0 Å². The summed E-state index contributed by atoms with van der Waals surface area (Å²) in [5, 5.41) is 3.39. The highest BCUT2D eigenvalue weighted by Gasteiger charge is 2.17. The molecule has 0 amide bonds. The van der Waals surface area contributed by atoms with Gasteiger partial charge in [0.15, 0.2) is 5.58 Å². The quantitative estimate of drug-likeness (QED) is 0.168. The van der Waals surface area contributed by atoms with E-state index >= 15 is 0 Å². The molecule has 0 aliphatic carbocycles. The lowest BCUT2D eigenvalue weighted by atomic mass is 10.0. The predicted octanol–water partition coefficient (Wildman–Crippen LogP) is 7.85. The zero-order chi connectivity index (χ0) is 28.9. The van der Waals surface area contributed by atoms with Crippen molar-refractivity contribution < 1.29 is 9.15 Å². The number of methoxy groups -OCH3 is 1. The fourth-order valence-corrected chi connectivity index (χ4v) is 4.87. The van der Waals surface area contributed by atoms with Crippen LogP contribution in [0.15, 0.2) is 101 Å². The third-order valence-electron chi connectivity index (χ3n) is 7.10. The Hall–Kier alpha value is -5.14. The minimum absolute atomic E-state index is 0.562. The van der Waals surface area contributed by atoms with E-state index < -0.39 is 0 Å². The topological polar surface area (TPSA) is 79.2 Å². The lowest BCUT2D eigenvalue weighted by Gasteiger charge is -2.12. The molecule has 0 unspecified atom stereocenters. The average molecular weight is 556 g/mol. The van der Waals surface area contributed by atoms with Gasteiger partial charge in [0, 0.05) is 61.9 Å². The fourth-order valence-electron chi connectivity index (χ4n) is 4.87. The van der Waals surface area contributed by atoms with E-state index in [0.717, 1.165) is 68.5 Å². The second-order valence-electron chi connectivity index (χ2n) is 10.2. The van der Waals surface area contributed by atoms with Gasteiger partial charge in [0.2, 0.25) is 5.89 Å². The van der Waals surface area contributed by atoms with Gasteiger partial charge in [-0.15, -0.1) is 0 Å². The van der Waals surface area contributed by atoms with Crippen molar-refractivity contribution in [2.75, 3.05) is 44.6 Å². The van der Waals surface area contributed by atoms with Gasteiger partial charge in [-0.2, -0.15) is 0 Å². The monoisotopic (exact) mass is 555 g/mol. The summed E-state index contributed by atoms with van der Waals surface area (Å²) in [5.41, 5.74) is 9.73.